The zero-order valence-electron chi connectivity index (χ0n) is 9.02. The minimum atomic E-state index is -1.05. The van der Waals surface area contributed by atoms with E-state index in [1.165, 1.54) is 18.2 Å². The Morgan fingerprint density at radius 3 is 2.72 bits per heavy atom. The van der Waals surface area contributed by atoms with Crippen molar-refractivity contribution in [3.63, 3.8) is 0 Å². The van der Waals surface area contributed by atoms with Crippen LogP contribution in [-0.2, 0) is 6.61 Å². The van der Waals surface area contributed by atoms with E-state index in [0.717, 1.165) is 17.4 Å². The molecule has 0 aliphatic heterocycles. The van der Waals surface area contributed by atoms with Gasteiger partial charge in [-0.25, -0.2) is 9.18 Å². The molecule has 1 N–H and O–H groups in total. The van der Waals surface area contributed by atoms with Crippen molar-refractivity contribution in [1.82, 2.24) is 0 Å². The quantitative estimate of drug-likeness (QED) is 0.927. The molecule has 0 saturated heterocycles. The van der Waals surface area contributed by atoms with Crippen LogP contribution in [0.3, 0.4) is 0 Å². The molecular formula is C12H8F2O3S. The Balaban J connectivity index is 2.07. The second kappa shape index (κ2) is 5.14. The van der Waals surface area contributed by atoms with Crippen LogP contribution in [-0.4, -0.2) is 11.1 Å². The summed E-state index contributed by atoms with van der Waals surface area (Å²) in [4.78, 5) is 11.4. The van der Waals surface area contributed by atoms with Crippen molar-refractivity contribution in [2.75, 3.05) is 0 Å². The van der Waals surface area contributed by atoms with E-state index >= 15 is 0 Å². The first-order valence-corrected chi connectivity index (χ1v) is 5.78. The van der Waals surface area contributed by atoms with Crippen LogP contribution in [0.15, 0.2) is 30.3 Å². The highest BCUT2D eigenvalue weighted by atomic mass is 32.1. The van der Waals surface area contributed by atoms with Crippen LogP contribution in [0, 0.1) is 11.6 Å². The summed E-state index contributed by atoms with van der Waals surface area (Å²) >= 11 is 1.03. The molecular weight excluding hydrogens is 262 g/mol. The highest BCUT2D eigenvalue weighted by molar-refractivity contribution is 7.13. The molecule has 0 aliphatic rings. The SMILES string of the molecule is O=C(O)c1ccc(COc2cccc(F)c2F)s1. The molecule has 0 unspecified atom stereocenters. The Labute approximate surface area is 105 Å². The van der Waals surface area contributed by atoms with Gasteiger partial charge in [0.2, 0.25) is 5.82 Å². The predicted octanol–water partition coefficient (Wildman–Crippen LogP) is 3.30. The molecule has 2 rings (SSSR count). The molecule has 6 heteroatoms. The monoisotopic (exact) mass is 270 g/mol. The van der Waals surface area contributed by atoms with Gasteiger partial charge in [-0.1, -0.05) is 6.07 Å². The van der Waals surface area contributed by atoms with Crippen molar-refractivity contribution in [3.8, 4) is 5.75 Å². The summed E-state index contributed by atoms with van der Waals surface area (Å²) in [6.45, 7) is -0.00167. The largest absolute Gasteiger partial charge is 0.485 e. The van der Waals surface area contributed by atoms with Gasteiger partial charge in [0.15, 0.2) is 11.6 Å². The Morgan fingerprint density at radius 1 is 1.28 bits per heavy atom. The van der Waals surface area contributed by atoms with Crippen molar-refractivity contribution in [1.29, 1.82) is 0 Å². The van der Waals surface area contributed by atoms with E-state index in [0.29, 0.717) is 4.88 Å². The second-order valence-electron chi connectivity index (χ2n) is 3.41. The molecule has 0 spiro atoms. The van der Waals surface area contributed by atoms with Gasteiger partial charge >= 0.3 is 5.97 Å². The summed E-state index contributed by atoms with van der Waals surface area (Å²) in [7, 11) is 0. The zero-order chi connectivity index (χ0) is 13.1. The Hall–Kier alpha value is -1.95. The first kappa shape index (κ1) is 12.5. The number of carbonyl (C=O) groups is 1. The molecule has 0 saturated carbocycles. The van der Waals surface area contributed by atoms with Crippen LogP contribution < -0.4 is 4.74 Å². The number of benzene rings is 1. The lowest BCUT2D eigenvalue weighted by Gasteiger charge is -2.05. The van der Waals surface area contributed by atoms with Crippen LogP contribution in [0.4, 0.5) is 8.78 Å². The van der Waals surface area contributed by atoms with Crippen molar-refractivity contribution >= 4 is 17.3 Å². The second-order valence-corrected chi connectivity index (χ2v) is 4.58. The fraction of sp³-hybridized carbons (Fsp3) is 0.0833. The van der Waals surface area contributed by atoms with Gasteiger partial charge in [0.1, 0.15) is 11.5 Å². The average Bonchev–Trinajstić information content (AvgIpc) is 2.80. The zero-order valence-corrected chi connectivity index (χ0v) is 9.84. The minimum absolute atomic E-state index is 0.00167. The number of hydrogen-bond acceptors (Lipinski definition) is 3. The number of hydrogen-bond donors (Lipinski definition) is 1. The number of thiophene rings is 1. The van der Waals surface area contributed by atoms with Gasteiger partial charge in [0.05, 0.1) is 0 Å². The molecule has 18 heavy (non-hydrogen) atoms. The van der Waals surface area contributed by atoms with E-state index < -0.39 is 17.6 Å². The van der Waals surface area contributed by atoms with E-state index in [1.54, 1.807) is 6.07 Å². The topological polar surface area (TPSA) is 46.5 Å². The smallest absolute Gasteiger partial charge is 0.345 e. The molecule has 0 bridgehead atoms. The number of aromatic carboxylic acids is 1. The fourth-order valence-corrected chi connectivity index (χ4v) is 2.07. The van der Waals surface area contributed by atoms with Gasteiger partial charge in [-0.15, -0.1) is 11.3 Å². The summed E-state index contributed by atoms with van der Waals surface area (Å²) in [6, 6.07) is 6.66. The molecule has 1 heterocycles. The lowest BCUT2D eigenvalue weighted by atomic mass is 10.3. The Kier molecular flexibility index (Phi) is 3.57. The van der Waals surface area contributed by atoms with E-state index in [-0.39, 0.29) is 17.2 Å². The summed E-state index contributed by atoms with van der Waals surface area (Å²) in [5.74, 6) is -3.25. The summed E-state index contributed by atoms with van der Waals surface area (Å²) in [5, 5.41) is 8.72. The number of halogens is 2. The third-order valence-electron chi connectivity index (χ3n) is 2.16. The molecule has 0 radical (unpaired) electrons. The molecule has 0 amide bonds. The lowest BCUT2D eigenvalue weighted by molar-refractivity contribution is 0.0702. The number of carboxylic acids is 1. The number of carboxylic acid groups (broad SMARTS) is 1. The van der Waals surface area contributed by atoms with Crippen molar-refractivity contribution in [2.24, 2.45) is 0 Å². The maximum absolute atomic E-state index is 13.2. The lowest BCUT2D eigenvalue weighted by Crippen LogP contribution is -1.97. The van der Waals surface area contributed by atoms with Crippen molar-refractivity contribution < 1.29 is 23.4 Å². The number of rotatable bonds is 4. The molecule has 0 fully saturated rings. The van der Waals surface area contributed by atoms with Crippen LogP contribution in [0.5, 0.6) is 5.75 Å². The third kappa shape index (κ3) is 2.65. The summed E-state index contributed by atoms with van der Waals surface area (Å²) in [6.07, 6.45) is 0. The van der Waals surface area contributed by atoms with Gasteiger partial charge in [-0.05, 0) is 24.3 Å². The summed E-state index contributed by atoms with van der Waals surface area (Å²) < 4.78 is 31.2. The molecule has 0 atom stereocenters. The predicted molar refractivity (Wildman–Crippen MR) is 62.0 cm³/mol. The van der Waals surface area contributed by atoms with Crippen LogP contribution in [0.25, 0.3) is 0 Å². The van der Waals surface area contributed by atoms with E-state index in [4.69, 9.17) is 9.84 Å². The van der Waals surface area contributed by atoms with Gasteiger partial charge in [-0.2, -0.15) is 4.39 Å². The highest BCUT2D eigenvalue weighted by Crippen LogP contribution is 2.22. The Morgan fingerprint density at radius 2 is 2.06 bits per heavy atom. The molecule has 3 nitrogen and oxygen atoms in total. The van der Waals surface area contributed by atoms with Crippen LogP contribution >= 0.6 is 11.3 Å². The van der Waals surface area contributed by atoms with Crippen LogP contribution in [0.1, 0.15) is 14.5 Å². The maximum atomic E-state index is 13.2. The van der Waals surface area contributed by atoms with Crippen molar-refractivity contribution in [2.45, 2.75) is 6.61 Å². The van der Waals surface area contributed by atoms with Gasteiger partial charge in [-0.3, -0.25) is 0 Å². The number of ether oxygens (including phenoxy) is 1. The fourth-order valence-electron chi connectivity index (χ4n) is 1.31. The van der Waals surface area contributed by atoms with E-state index in [1.807, 2.05) is 0 Å². The minimum Gasteiger partial charge on any atom is -0.485 e. The van der Waals surface area contributed by atoms with Crippen LogP contribution in [0.2, 0.25) is 0 Å². The third-order valence-corrected chi connectivity index (χ3v) is 3.21. The van der Waals surface area contributed by atoms with E-state index in [2.05, 4.69) is 0 Å². The maximum Gasteiger partial charge on any atom is 0.345 e. The first-order chi connectivity index (χ1) is 8.58. The Bertz CT molecular complexity index is 580. The first-order valence-electron chi connectivity index (χ1n) is 4.96. The molecule has 0 aliphatic carbocycles. The molecule has 94 valence electrons. The van der Waals surface area contributed by atoms with Gasteiger partial charge < -0.3 is 9.84 Å². The standard InChI is InChI=1S/C12H8F2O3S/c13-8-2-1-3-9(11(8)14)17-6-7-4-5-10(18-7)12(15)16/h1-5H,6H2,(H,15,16). The summed E-state index contributed by atoms with van der Waals surface area (Å²) in [5.41, 5.74) is 0. The highest BCUT2D eigenvalue weighted by Gasteiger charge is 2.10. The normalized spacial score (nSPS) is 10.3. The molecule has 1 aromatic carbocycles. The van der Waals surface area contributed by atoms with Gasteiger partial charge in [0, 0.05) is 4.88 Å². The average molecular weight is 270 g/mol. The molecule has 2 aromatic rings. The van der Waals surface area contributed by atoms with E-state index in [9.17, 15) is 13.6 Å². The van der Waals surface area contributed by atoms with Gasteiger partial charge in [0.25, 0.3) is 0 Å². The van der Waals surface area contributed by atoms with Crippen molar-refractivity contribution in [3.05, 3.63) is 51.7 Å². The molecule has 1 aromatic heterocycles.